The largest absolute Gasteiger partial charge is 0.338 e. The zero-order valence-corrected chi connectivity index (χ0v) is 16.9. The number of aryl methyl sites for hydroxylation is 2. The lowest BCUT2D eigenvalue weighted by molar-refractivity contribution is 0.102. The van der Waals surface area contributed by atoms with E-state index in [4.69, 9.17) is 0 Å². The molecule has 1 aliphatic heterocycles. The summed E-state index contributed by atoms with van der Waals surface area (Å²) in [4.78, 5) is 26.4. The number of alkyl halides is 2. The van der Waals surface area contributed by atoms with Crippen LogP contribution in [-0.2, 0) is 0 Å². The van der Waals surface area contributed by atoms with Crippen molar-refractivity contribution >= 4 is 29.3 Å². The summed E-state index contributed by atoms with van der Waals surface area (Å²) >= 11 is 0.358. The van der Waals surface area contributed by atoms with Crippen LogP contribution in [0.1, 0.15) is 21.7 Å². The van der Waals surface area contributed by atoms with Crippen LogP contribution in [0.3, 0.4) is 0 Å². The normalized spacial score (nSPS) is 15.1. The van der Waals surface area contributed by atoms with E-state index in [-0.39, 0.29) is 10.5 Å². The molecule has 1 N–H and O–H groups in total. The maximum atomic E-state index is 12.8. The molecular weight excluding hydrogens is 384 g/mol. The third-order valence-corrected chi connectivity index (χ3v) is 5.42. The van der Waals surface area contributed by atoms with E-state index in [9.17, 15) is 13.6 Å². The van der Waals surface area contributed by atoms with E-state index in [1.165, 1.54) is 12.1 Å². The lowest BCUT2D eigenvalue weighted by Gasteiger charge is -2.32. The Morgan fingerprint density at radius 3 is 2.32 bits per heavy atom. The highest BCUT2D eigenvalue weighted by atomic mass is 32.2. The fourth-order valence-corrected chi connectivity index (χ4v) is 3.70. The third kappa shape index (κ3) is 4.77. The van der Waals surface area contributed by atoms with Crippen LogP contribution < -0.4 is 10.2 Å². The zero-order valence-electron chi connectivity index (χ0n) is 16.1. The van der Waals surface area contributed by atoms with Crippen LogP contribution in [0, 0.1) is 13.8 Å². The molecule has 0 aliphatic carbocycles. The highest BCUT2D eigenvalue weighted by Crippen LogP contribution is 2.29. The van der Waals surface area contributed by atoms with E-state index in [0.29, 0.717) is 34.8 Å². The van der Waals surface area contributed by atoms with Crippen LogP contribution in [0.5, 0.6) is 0 Å². The Morgan fingerprint density at radius 2 is 1.71 bits per heavy atom. The van der Waals surface area contributed by atoms with Gasteiger partial charge < -0.3 is 15.1 Å². The number of hydrogen-bond acceptors (Lipinski definition) is 6. The van der Waals surface area contributed by atoms with Crippen LogP contribution in [0.15, 0.2) is 29.2 Å². The van der Waals surface area contributed by atoms with Gasteiger partial charge in [-0.1, -0.05) is 23.9 Å². The first-order valence-corrected chi connectivity index (χ1v) is 9.87. The molecular formula is C19H23F2N5OS. The summed E-state index contributed by atoms with van der Waals surface area (Å²) in [5, 5.41) is 2.80. The maximum absolute atomic E-state index is 12.8. The molecule has 1 aliphatic rings. The average Bonchev–Trinajstić information content (AvgIpc) is 2.65. The van der Waals surface area contributed by atoms with Gasteiger partial charge in [-0.15, -0.1) is 0 Å². The monoisotopic (exact) mass is 407 g/mol. The van der Waals surface area contributed by atoms with Crippen molar-refractivity contribution in [3.8, 4) is 0 Å². The molecule has 1 amide bonds. The van der Waals surface area contributed by atoms with Crippen molar-refractivity contribution in [3.05, 3.63) is 41.2 Å². The van der Waals surface area contributed by atoms with Crippen LogP contribution in [-0.4, -0.2) is 59.8 Å². The van der Waals surface area contributed by atoms with Crippen molar-refractivity contribution in [1.82, 2.24) is 14.9 Å². The lowest BCUT2D eigenvalue weighted by atomic mass is 10.2. The molecule has 2 aromatic rings. The molecule has 0 bridgehead atoms. The Hall–Kier alpha value is -2.26. The molecule has 2 heterocycles. The summed E-state index contributed by atoms with van der Waals surface area (Å²) in [6, 6.07) is 6.33. The second kappa shape index (κ2) is 8.83. The third-order valence-electron chi connectivity index (χ3n) is 4.63. The van der Waals surface area contributed by atoms with E-state index >= 15 is 0 Å². The van der Waals surface area contributed by atoms with Gasteiger partial charge in [-0.05, 0) is 33.0 Å². The number of carbonyl (C=O) groups excluding carboxylic acids is 1. The number of benzene rings is 1. The number of amides is 1. The number of aromatic nitrogens is 2. The molecule has 1 fully saturated rings. The number of likely N-dealkylation sites (N-methyl/N-ethyl adjacent to an activating group) is 1. The Balaban J connectivity index is 1.80. The zero-order chi connectivity index (χ0) is 20.3. The first kappa shape index (κ1) is 20.5. The predicted octanol–water partition coefficient (Wildman–Crippen LogP) is 3.41. The fourth-order valence-electron chi connectivity index (χ4n) is 3.06. The van der Waals surface area contributed by atoms with Crippen LogP contribution >= 0.6 is 11.8 Å². The molecule has 0 radical (unpaired) electrons. The minimum Gasteiger partial charge on any atom is -0.338 e. The number of carbonyl (C=O) groups is 1. The van der Waals surface area contributed by atoms with E-state index in [2.05, 4.69) is 32.1 Å². The van der Waals surface area contributed by atoms with Crippen molar-refractivity contribution in [1.29, 1.82) is 0 Å². The first-order valence-electron chi connectivity index (χ1n) is 8.99. The molecule has 3 rings (SSSR count). The summed E-state index contributed by atoms with van der Waals surface area (Å²) in [7, 11) is 2.08. The first-order chi connectivity index (χ1) is 13.3. The lowest BCUT2D eigenvalue weighted by Crippen LogP contribution is -2.45. The summed E-state index contributed by atoms with van der Waals surface area (Å²) < 4.78 is 25.5. The molecule has 6 nitrogen and oxygen atoms in total. The van der Waals surface area contributed by atoms with E-state index in [1.807, 2.05) is 13.8 Å². The summed E-state index contributed by atoms with van der Waals surface area (Å²) in [5.74, 6) is -2.40. The maximum Gasteiger partial charge on any atom is 0.288 e. The SMILES string of the molecule is Cc1nc(N2CCN(C)CC2)nc(C)c1NC(=O)c1ccccc1SC(F)F. The van der Waals surface area contributed by atoms with Crippen molar-refractivity contribution in [2.24, 2.45) is 0 Å². The van der Waals surface area contributed by atoms with Gasteiger partial charge in [0.2, 0.25) is 5.95 Å². The van der Waals surface area contributed by atoms with Gasteiger partial charge in [0, 0.05) is 31.1 Å². The summed E-state index contributed by atoms with van der Waals surface area (Å²) in [6.45, 7) is 7.20. The highest BCUT2D eigenvalue weighted by molar-refractivity contribution is 7.99. The molecule has 1 saturated heterocycles. The number of rotatable bonds is 5. The number of anilines is 2. The summed E-state index contributed by atoms with van der Waals surface area (Å²) in [5.41, 5.74) is 2.01. The van der Waals surface area contributed by atoms with Crippen LogP contribution in [0.2, 0.25) is 0 Å². The topological polar surface area (TPSA) is 61.4 Å². The number of thioether (sulfide) groups is 1. The number of nitrogens with zero attached hydrogens (tertiary/aromatic N) is 4. The number of hydrogen-bond donors (Lipinski definition) is 1. The number of nitrogens with one attached hydrogen (secondary N) is 1. The molecule has 1 aromatic heterocycles. The Labute approximate surface area is 167 Å². The molecule has 1 aromatic carbocycles. The van der Waals surface area contributed by atoms with E-state index in [1.54, 1.807) is 12.1 Å². The molecule has 0 atom stereocenters. The van der Waals surface area contributed by atoms with Gasteiger partial charge in [0.1, 0.15) is 0 Å². The Bertz CT molecular complexity index is 833. The van der Waals surface area contributed by atoms with Gasteiger partial charge >= 0.3 is 0 Å². The smallest absolute Gasteiger partial charge is 0.288 e. The molecule has 9 heteroatoms. The van der Waals surface area contributed by atoms with Gasteiger partial charge in [0.25, 0.3) is 11.7 Å². The quantitative estimate of drug-likeness (QED) is 0.767. The molecule has 0 saturated carbocycles. The van der Waals surface area contributed by atoms with E-state index in [0.717, 1.165) is 26.2 Å². The number of halogens is 2. The van der Waals surface area contributed by atoms with Gasteiger partial charge in [-0.25, -0.2) is 9.97 Å². The van der Waals surface area contributed by atoms with Gasteiger partial charge in [0.05, 0.1) is 22.6 Å². The summed E-state index contributed by atoms with van der Waals surface area (Å²) in [6.07, 6.45) is 0. The molecule has 28 heavy (non-hydrogen) atoms. The highest BCUT2D eigenvalue weighted by Gasteiger charge is 2.21. The molecule has 150 valence electrons. The van der Waals surface area contributed by atoms with Crippen LogP contribution in [0.4, 0.5) is 20.4 Å². The fraction of sp³-hybridized carbons (Fsp3) is 0.421. The minimum absolute atomic E-state index is 0.203. The van der Waals surface area contributed by atoms with Gasteiger partial charge in [-0.3, -0.25) is 4.79 Å². The standard InChI is InChI=1S/C19H23F2N5OS/c1-12-16(13(2)23-19(22-12)26-10-8-25(3)9-11-26)24-17(27)14-6-4-5-7-15(14)28-18(20)21/h4-7,18H,8-11H2,1-3H3,(H,24,27). The van der Waals surface area contributed by atoms with Gasteiger partial charge in [-0.2, -0.15) is 8.78 Å². The number of piperazine rings is 1. The van der Waals surface area contributed by atoms with Crippen molar-refractivity contribution in [2.45, 2.75) is 24.5 Å². The molecule has 0 unspecified atom stereocenters. The van der Waals surface area contributed by atoms with E-state index < -0.39 is 11.7 Å². The average molecular weight is 407 g/mol. The predicted molar refractivity (Wildman–Crippen MR) is 107 cm³/mol. The van der Waals surface area contributed by atoms with Crippen molar-refractivity contribution < 1.29 is 13.6 Å². The van der Waals surface area contributed by atoms with Gasteiger partial charge in [0.15, 0.2) is 0 Å². The minimum atomic E-state index is -2.59. The van der Waals surface area contributed by atoms with Crippen molar-refractivity contribution in [3.63, 3.8) is 0 Å². The molecule has 0 spiro atoms. The Kier molecular flexibility index (Phi) is 6.46. The second-order valence-electron chi connectivity index (χ2n) is 6.69. The Morgan fingerprint density at radius 1 is 1.11 bits per heavy atom. The van der Waals surface area contributed by atoms with Crippen molar-refractivity contribution in [2.75, 3.05) is 43.4 Å². The second-order valence-corrected chi connectivity index (χ2v) is 7.72. The van der Waals surface area contributed by atoms with Crippen LogP contribution in [0.25, 0.3) is 0 Å².